The Morgan fingerprint density at radius 1 is 1.32 bits per heavy atom. The molecule has 6 heteroatoms. The molecule has 0 aliphatic carbocycles. The van der Waals surface area contributed by atoms with Crippen LogP contribution in [0.3, 0.4) is 0 Å². The maximum absolute atomic E-state index is 12.9. The van der Waals surface area contributed by atoms with Crippen molar-refractivity contribution in [3.8, 4) is 11.1 Å². The predicted octanol–water partition coefficient (Wildman–Crippen LogP) is 4.32. The van der Waals surface area contributed by atoms with E-state index in [2.05, 4.69) is 0 Å². The molecule has 1 aromatic carbocycles. The fourth-order valence-corrected chi connectivity index (χ4v) is 5.14. The number of hydrogen-bond donors (Lipinski definition) is 0. The van der Waals surface area contributed by atoms with E-state index in [-0.39, 0.29) is 11.7 Å². The van der Waals surface area contributed by atoms with Crippen LogP contribution in [0.25, 0.3) is 21.3 Å². The number of rotatable bonds is 4. The number of aromatic nitrogens is 2. The number of thioether (sulfide) groups is 1. The van der Waals surface area contributed by atoms with Crippen LogP contribution in [0.1, 0.15) is 19.3 Å². The molecule has 25 heavy (non-hydrogen) atoms. The van der Waals surface area contributed by atoms with Crippen molar-refractivity contribution < 1.29 is 4.74 Å². The van der Waals surface area contributed by atoms with Gasteiger partial charge in [-0.3, -0.25) is 9.36 Å². The summed E-state index contributed by atoms with van der Waals surface area (Å²) in [6.45, 7) is 0.849. The van der Waals surface area contributed by atoms with Crippen LogP contribution in [0.2, 0.25) is 0 Å². The van der Waals surface area contributed by atoms with Gasteiger partial charge in [0.2, 0.25) is 0 Å². The van der Waals surface area contributed by atoms with Crippen LogP contribution in [-0.4, -0.2) is 28.0 Å². The molecule has 0 saturated carbocycles. The van der Waals surface area contributed by atoms with Gasteiger partial charge in [0, 0.05) is 30.4 Å². The summed E-state index contributed by atoms with van der Waals surface area (Å²) in [5.74, 6) is 0.850. The molecule has 0 amide bonds. The standard InChI is InChI=1S/C19H20N2O2S2/c1-21-18(22)16-15(13-7-3-2-4-8-13)12-24-17(16)20-19(21)25-11-14-9-5-6-10-23-14/h2-4,7-8,12,14H,5-6,9-11H2,1H3. The molecule has 4 nitrogen and oxygen atoms in total. The Bertz CT molecular complexity index is 928. The fraction of sp³-hybridized carbons (Fsp3) is 0.368. The molecule has 1 saturated heterocycles. The number of fused-ring (bicyclic) bond motifs is 1. The molecule has 4 rings (SSSR count). The Morgan fingerprint density at radius 3 is 2.92 bits per heavy atom. The van der Waals surface area contributed by atoms with E-state index in [9.17, 15) is 4.79 Å². The van der Waals surface area contributed by atoms with Crippen molar-refractivity contribution in [1.29, 1.82) is 0 Å². The highest BCUT2D eigenvalue weighted by Crippen LogP contribution is 2.32. The maximum atomic E-state index is 12.9. The summed E-state index contributed by atoms with van der Waals surface area (Å²) in [5, 5.41) is 3.53. The Labute approximate surface area is 154 Å². The van der Waals surface area contributed by atoms with Crippen LogP contribution in [0.5, 0.6) is 0 Å². The molecule has 1 fully saturated rings. The van der Waals surface area contributed by atoms with E-state index >= 15 is 0 Å². The van der Waals surface area contributed by atoms with E-state index in [0.29, 0.717) is 0 Å². The van der Waals surface area contributed by atoms with Crippen LogP contribution >= 0.6 is 23.1 Å². The monoisotopic (exact) mass is 372 g/mol. The molecule has 1 aliphatic heterocycles. The van der Waals surface area contributed by atoms with Gasteiger partial charge in [-0.05, 0) is 24.8 Å². The molecule has 130 valence electrons. The number of hydrogen-bond acceptors (Lipinski definition) is 5. The highest BCUT2D eigenvalue weighted by atomic mass is 32.2. The molecular formula is C19H20N2O2S2. The summed E-state index contributed by atoms with van der Waals surface area (Å²) in [5.41, 5.74) is 2.06. The Balaban J connectivity index is 1.67. The van der Waals surface area contributed by atoms with Crippen LogP contribution in [0, 0.1) is 0 Å². The van der Waals surface area contributed by atoms with Crippen molar-refractivity contribution in [2.45, 2.75) is 30.5 Å². The van der Waals surface area contributed by atoms with Crippen LogP contribution in [0.15, 0.2) is 45.7 Å². The molecule has 1 unspecified atom stereocenters. The lowest BCUT2D eigenvalue weighted by atomic mass is 10.1. The van der Waals surface area contributed by atoms with Crippen molar-refractivity contribution in [3.63, 3.8) is 0 Å². The lowest BCUT2D eigenvalue weighted by Crippen LogP contribution is -2.23. The first kappa shape index (κ1) is 16.8. The first-order valence-corrected chi connectivity index (χ1v) is 10.4. The molecular weight excluding hydrogens is 352 g/mol. The van der Waals surface area contributed by atoms with Gasteiger partial charge in [0.15, 0.2) is 5.16 Å². The Morgan fingerprint density at radius 2 is 2.16 bits per heavy atom. The lowest BCUT2D eigenvalue weighted by Gasteiger charge is -2.22. The summed E-state index contributed by atoms with van der Waals surface area (Å²) in [6, 6.07) is 10.0. The highest BCUT2D eigenvalue weighted by Gasteiger charge is 2.18. The summed E-state index contributed by atoms with van der Waals surface area (Å²) >= 11 is 3.16. The fourth-order valence-electron chi connectivity index (χ4n) is 3.12. The largest absolute Gasteiger partial charge is 0.377 e. The topological polar surface area (TPSA) is 44.1 Å². The van der Waals surface area contributed by atoms with Gasteiger partial charge in [-0.15, -0.1) is 11.3 Å². The van der Waals surface area contributed by atoms with Crippen molar-refractivity contribution >= 4 is 33.3 Å². The van der Waals surface area contributed by atoms with Crippen LogP contribution < -0.4 is 5.56 Å². The second-order valence-corrected chi connectivity index (χ2v) is 8.10. The SMILES string of the molecule is Cn1c(SCC2CCCCO2)nc2scc(-c3ccccc3)c2c1=O. The third-order valence-electron chi connectivity index (χ3n) is 4.53. The molecule has 3 heterocycles. The second kappa shape index (κ2) is 7.32. The van der Waals surface area contributed by atoms with Gasteiger partial charge in [-0.25, -0.2) is 4.98 Å². The molecule has 1 aliphatic rings. The lowest BCUT2D eigenvalue weighted by molar-refractivity contribution is 0.0315. The molecule has 0 radical (unpaired) electrons. The zero-order valence-corrected chi connectivity index (χ0v) is 15.7. The summed E-state index contributed by atoms with van der Waals surface area (Å²) in [7, 11) is 1.81. The predicted molar refractivity (Wildman–Crippen MR) is 105 cm³/mol. The third kappa shape index (κ3) is 3.38. The van der Waals surface area contributed by atoms with Gasteiger partial charge in [-0.2, -0.15) is 0 Å². The number of thiophene rings is 1. The van der Waals surface area contributed by atoms with Gasteiger partial charge in [0.25, 0.3) is 5.56 Å². The maximum Gasteiger partial charge on any atom is 0.263 e. The zero-order chi connectivity index (χ0) is 17.2. The van der Waals surface area contributed by atoms with E-state index in [4.69, 9.17) is 9.72 Å². The Kier molecular flexibility index (Phi) is 4.92. The minimum absolute atomic E-state index is 0.0252. The van der Waals surface area contributed by atoms with Gasteiger partial charge >= 0.3 is 0 Å². The summed E-state index contributed by atoms with van der Waals surface area (Å²) in [6.07, 6.45) is 3.75. The van der Waals surface area contributed by atoms with Crippen molar-refractivity contribution in [1.82, 2.24) is 9.55 Å². The Hall–Kier alpha value is -1.63. The molecule has 2 aromatic heterocycles. The number of benzene rings is 1. The van der Waals surface area contributed by atoms with E-state index in [1.165, 1.54) is 17.8 Å². The first-order chi connectivity index (χ1) is 12.2. The smallest absolute Gasteiger partial charge is 0.263 e. The second-order valence-electron chi connectivity index (χ2n) is 6.25. The number of nitrogens with zero attached hydrogens (tertiary/aromatic N) is 2. The van der Waals surface area contributed by atoms with Gasteiger partial charge < -0.3 is 4.74 Å². The van der Waals surface area contributed by atoms with Crippen LogP contribution in [0.4, 0.5) is 0 Å². The van der Waals surface area contributed by atoms with E-state index < -0.39 is 0 Å². The molecule has 1 atom stereocenters. The van der Waals surface area contributed by atoms with Crippen molar-refractivity contribution in [2.75, 3.05) is 12.4 Å². The van der Waals surface area contributed by atoms with Crippen molar-refractivity contribution in [3.05, 3.63) is 46.1 Å². The molecule has 0 N–H and O–H groups in total. The van der Waals surface area contributed by atoms with E-state index in [1.807, 2.05) is 42.8 Å². The van der Waals surface area contributed by atoms with Gasteiger partial charge in [0.05, 0.1) is 11.5 Å². The van der Waals surface area contributed by atoms with Crippen molar-refractivity contribution in [2.24, 2.45) is 7.05 Å². The summed E-state index contributed by atoms with van der Waals surface area (Å²) in [4.78, 5) is 18.5. The summed E-state index contributed by atoms with van der Waals surface area (Å²) < 4.78 is 7.46. The normalized spacial score (nSPS) is 17.9. The zero-order valence-electron chi connectivity index (χ0n) is 14.1. The van der Waals surface area contributed by atoms with E-state index in [1.54, 1.807) is 16.3 Å². The molecule has 3 aromatic rings. The average Bonchev–Trinajstić information content (AvgIpc) is 3.09. The minimum atomic E-state index is 0.0252. The van der Waals surface area contributed by atoms with Gasteiger partial charge in [0.1, 0.15) is 4.83 Å². The molecule has 0 bridgehead atoms. The molecule has 0 spiro atoms. The average molecular weight is 373 g/mol. The quantitative estimate of drug-likeness (QED) is 0.505. The minimum Gasteiger partial charge on any atom is -0.377 e. The van der Waals surface area contributed by atoms with Crippen LogP contribution in [-0.2, 0) is 11.8 Å². The van der Waals surface area contributed by atoms with Gasteiger partial charge in [-0.1, -0.05) is 42.1 Å². The number of ether oxygens (including phenoxy) is 1. The highest BCUT2D eigenvalue weighted by molar-refractivity contribution is 7.99. The third-order valence-corrected chi connectivity index (χ3v) is 6.57. The first-order valence-electron chi connectivity index (χ1n) is 8.52. The van der Waals surface area contributed by atoms with E-state index in [0.717, 1.165) is 51.7 Å².